The van der Waals surface area contributed by atoms with E-state index in [2.05, 4.69) is 141 Å². The molecule has 4 aromatic carbocycles. The lowest BCUT2D eigenvalue weighted by Crippen LogP contribution is -2.55. The first-order valence-electron chi connectivity index (χ1n) is 11.1. The average molecular weight is 421 g/mol. The van der Waals surface area contributed by atoms with Crippen molar-refractivity contribution in [2.24, 2.45) is 0 Å². The molecule has 0 spiro atoms. The lowest BCUT2D eigenvalue weighted by atomic mass is 10.2. The second-order valence-electron chi connectivity index (χ2n) is 8.07. The Kier molecular flexibility index (Phi) is 5.93. The van der Waals surface area contributed by atoms with Crippen molar-refractivity contribution in [3.8, 4) is 0 Å². The topological polar surface area (TPSA) is 13.0 Å². The summed E-state index contributed by atoms with van der Waals surface area (Å²) in [7, 11) is 0. The summed E-state index contributed by atoms with van der Waals surface area (Å²) in [5.74, 6) is 0. The fraction of sp³-hybridized carbons (Fsp3) is 0.143. The van der Waals surface area contributed by atoms with Gasteiger partial charge in [-0.1, -0.05) is 72.8 Å². The maximum Gasteiger partial charge on any atom is 0.0937 e. The van der Waals surface area contributed by atoms with Gasteiger partial charge < -0.3 is 19.6 Å². The summed E-state index contributed by atoms with van der Waals surface area (Å²) in [5, 5.41) is 0. The molecule has 0 N–H and O–H groups in total. The molecule has 4 heteroatoms. The van der Waals surface area contributed by atoms with E-state index in [1.165, 1.54) is 22.7 Å². The Labute approximate surface area is 190 Å². The first-order chi connectivity index (χ1) is 15.9. The van der Waals surface area contributed by atoms with Crippen molar-refractivity contribution in [3.63, 3.8) is 0 Å². The number of hydrogen-bond acceptors (Lipinski definition) is 4. The van der Waals surface area contributed by atoms with Gasteiger partial charge in [-0.3, -0.25) is 0 Å². The molecule has 1 aliphatic heterocycles. The molecule has 1 saturated heterocycles. The third-order valence-electron chi connectivity index (χ3n) is 5.85. The van der Waals surface area contributed by atoms with Crippen LogP contribution in [0, 0.1) is 0 Å². The summed E-state index contributed by atoms with van der Waals surface area (Å²) in [6.45, 7) is 3.17. The van der Waals surface area contributed by atoms with Crippen molar-refractivity contribution in [2.45, 2.75) is 0 Å². The molecule has 0 atom stereocenters. The van der Waals surface area contributed by atoms with Crippen molar-refractivity contribution in [3.05, 3.63) is 121 Å². The van der Waals surface area contributed by atoms with Crippen molar-refractivity contribution in [1.29, 1.82) is 0 Å². The largest absolute Gasteiger partial charge is 0.336 e. The molecule has 0 aliphatic carbocycles. The van der Waals surface area contributed by atoms with Gasteiger partial charge in [0.25, 0.3) is 0 Å². The standard InChI is InChI=1S/C28H28N4/c1-5-13-25(14-6-1)29-21-30(26-15-7-2-8-16-26)23-32(28-19-11-4-12-20-28)24-31(22-29)27-17-9-3-10-18-27/h1-20H,21-24H2. The van der Waals surface area contributed by atoms with Gasteiger partial charge in [0.2, 0.25) is 0 Å². The highest BCUT2D eigenvalue weighted by Gasteiger charge is 2.24. The monoisotopic (exact) mass is 420 g/mol. The molecule has 1 aliphatic rings. The highest BCUT2D eigenvalue weighted by Crippen LogP contribution is 2.26. The summed E-state index contributed by atoms with van der Waals surface area (Å²) < 4.78 is 0. The van der Waals surface area contributed by atoms with Crippen LogP contribution in [-0.2, 0) is 0 Å². The van der Waals surface area contributed by atoms with E-state index >= 15 is 0 Å². The maximum atomic E-state index is 2.45. The minimum Gasteiger partial charge on any atom is -0.336 e. The highest BCUT2D eigenvalue weighted by molar-refractivity contribution is 5.59. The van der Waals surface area contributed by atoms with E-state index in [0.717, 1.165) is 26.7 Å². The number of hydrogen-bond donors (Lipinski definition) is 0. The second-order valence-corrected chi connectivity index (χ2v) is 8.07. The van der Waals surface area contributed by atoms with E-state index < -0.39 is 0 Å². The predicted octanol–water partition coefficient (Wildman–Crippen LogP) is 5.86. The van der Waals surface area contributed by atoms with Crippen LogP contribution in [0.5, 0.6) is 0 Å². The zero-order valence-corrected chi connectivity index (χ0v) is 18.2. The molecule has 1 fully saturated rings. The van der Waals surface area contributed by atoms with E-state index in [1.807, 2.05) is 0 Å². The van der Waals surface area contributed by atoms with Gasteiger partial charge in [0.1, 0.15) is 0 Å². The Hall–Kier alpha value is -3.92. The SMILES string of the molecule is c1ccc(N2CN(c3ccccc3)CN(c3ccccc3)CN(c3ccccc3)C2)cc1. The van der Waals surface area contributed by atoms with Crippen LogP contribution in [0.2, 0.25) is 0 Å². The van der Waals surface area contributed by atoms with Gasteiger partial charge >= 0.3 is 0 Å². The van der Waals surface area contributed by atoms with Crippen molar-refractivity contribution in [2.75, 3.05) is 46.3 Å². The molecule has 5 rings (SSSR count). The average Bonchev–Trinajstić information content (AvgIpc) is 2.86. The number of nitrogens with zero attached hydrogens (tertiary/aromatic N) is 4. The van der Waals surface area contributed by atoms with Crippen molar-refractivity contribution < 1.29 is 0 Å². The Morgan fingerprint density at radius 2 is 0.469 bits per heavy atom. The number of para-hydroxylation sites is 4. The molecule has 0 unspecified atom stereocenters. The van der Waals surface area contributed by atoms with Crippen LogP contribution in [0.1, 0.15) is 0 Å². The van der Waals surface area contributed by atoms with Crippen LogP contribution in [0.3, 0.4) is 0 Å². The second kappa shape index (κ2) is 9.48. The zero-order valence-electron chi connectivity index (χ0n) is 18.2. The minimum atomic E-state index is 0.792. The molecule has 4 aromatic rings. The maximum absolute atomic E-state index is 2.45. The van der Waals surface area contributed by atoms with Crippen LogP contribution < -0.4 is 19.6 Å². The molecule has 0 radical (unpaired) electrons. The smallest absolute Gasteiger partial charge is 0.0937 e. The molecule has 1 heterocycles. The van der Waals surface area contributed by atoms with Gasteiger partial charge in [-0.2, -0.15) is 0 Å². The number of rotatable bonds is 4. The molecular formula is C28H28N4. The highest BCUT2D eigenvalue weighted by atomic mass is 15.5. The van der Waals surface area contributed by atoms with E-state index in [-0.39, 0.29) is 0 Å². The molecule has 32 heavy (non-hydrogen) atoms. The Bertz CT molecular complexity index is 897. The summed E-state index contributed by atoms with van der Waals surface area (Å²) in [6.07, 6.45) is 0. The Balaban J connectivity index is 1.55. The number of benzene rings is 4. The van der Waals surface area contributed by atoms with Crippen LogP contribution in [0.25, 0.3) is 0 Å². The van der Waals surface area contributed by atoms with Gasteiger partial charge in [-0.05, 0) is 48.5 Å². The third kappa shape index (κ3) is 4.54. The van der Waals surface area contributed by atoms with Crippen molar-refractivity contribution in [1.82, 2.24) is 0 Å². The molecule has 0 aromatic heterocycles. The molecular weight excluding hydrogens is 392 g/mol. The lowest BCUT2D eigenvalue weighted by molar-refractivity contribution is 0.611. The first kappa shape index (κ1) is 20.0. The van der Waals surface area contributed by atoms with Gasteiger partial charge in [-0.15, -0.1) is 0 Å². The fourth-order valence-electron chi connectivity index (χ4n) is 4.21. The summed E-state index contributed by atoms with van der Waals surface area (Å²) in [6, 6.07) is 42.8. The molecule has 0 bridgehead atoms. The third-order valence-corrected chi connectivity index (χ3v) is 5.85. The Morgan fingerprint density at radius 3 is 0.656 bits per heavy atom. The van der Waals surface area contributed by atoms with Crippen LogP contribution in [0.4, 0.5) is 22.7 Å². The van der Waals surface area contributed by atoms with Gasteiger partial charge in [0.05, 0.1) is 26.7 Å². The summed E-state index contributed by atoms with van der Waals surface area (Å²) in [5.41, 5.74) is 4.90. The summed E-state index contributed by atoms with van der Waals surface area (Å²) >= 11 is 0. The van der Waals surface area contributed by atoms with Crippen LogP contribution in [0.15, 0.2) is 121 Å². The Morgan fingerprint density at radius 1 is 0.281 bits per heavy atom. The first-order valence-corrected chi connectivity index (χ1v) is 11.1. The quantitative estimate of drug-likeness (QED) is 0.410. The molecule has 0 amide bonds. The van der Waals surface area contributed by atoms with Gasteiger partial charge in [-0.25, -0.2) is 0 Å². The van der Waals surface area contributed by atoms with E-state index in [9.17, 15) is 0 Å². The van der Waals surface area contributed by atoms with E-state index in [0.29, 0.717) is 0 Å². The van der Waals surface area contributed by atoms with Crippen molar-refractivity contribution >= 4 is 22.7 Å². The van der Waals surface area contributed by atoms with E-state index in [4.69, 9.17) is 0 Å². The minimum absolute atomic E-state index is 0.792. The van der Waals surface area contributed by atoms with Crippen LogP contribution >= 0.6 is 0 Å². The van der Waals surface area contributed by atoms with E-state index in [1.54, 1.807) is 0 Å². The molecule has 0 saturated carbocycles. The molecule has 160 valence electrons. The van der Waals surface area contributed by atoms with Crippen LogP contribution in [-0.4, -0.2) is 26.7 Å². The predicted molar refractivity (Wildman–Crippen MR) is 135 cm³/mol. The zero-order chi connectivity index (χ0) is 21.6. The van der Waals surface area contributed by atoms with Gasteiger partial charge in [0, 0.05) is 22.7 Å². The summed E-state index contributed by atoms with van der Waals surface area (Å²) in [4.78, 5) is 9.79. The molecule has 4 nitrogen and oxygen atoms in total. The van der Waals surface area contributed by atoms with Gasteiger partial charge in [0.15, 0.2) is 0 Å². The fourth-order valence-corrected chi connectivity index (χ4v) is 4.21. The lowest BCUT2D eigenvalue weighted by Gasteiger charge is -2.45. The number of anilines is 4. The normalized spacial score (nSPS) is 14.8.